The molecule has 82 valence electrons. The molecule has 0 fully saturated rings. The van der Waals surface area contributed by atoms with Gasteiger partial charge in [0, 0.05) is 5.56 Å². The molecule has 0 saturated carbocycles. The molecule has 0 N–H and O–H groups in total. The average Bonchev–Trinajstić information content (AvgIpc) is 2.90. The molecule has 0 unspecified atom stereocenters. The number of hydrogen-bond acceptors (Lipinski definition) is 3. The zero-order valence-corrected chi connectivity index (χ0v) is 9.66. The molecule has 2 aromatic rings. The highest BCUT2D eigenvalue weighted by Gasteiger charge is 2.04. The maximum atomic E-state index is 11.6. The predicted octanol–water partition coefficient (Wildman–Crippen LogP) is 2.82. The zero-order chi connectivity index (χ0) is 12.1. The first-order valence-electron chi connectivity index (χ1n) is 4.96. The molecule has 2 rings (SSSR count). The molecule has 0 amide bonds. The molecule has 1 heterocycles. The Balaban J connectivity index is 2.13. The molecule has 1 aromatic heterocycles. The molecule has 0 radical (unpaired) electrons. The normalized spacial score (nSPS) is 9.18. The van der Waals surface area contributed by atoms with Crippen molar-refractivity contribution in [3.05, 3.63) is 58.3 Å². The van der Waals surface area contributed by atoms with E-state index in [0.29, 0.717) is 10.4 Å². The van der Waals surface area contributed by atoms with E-state index < -0.39 is 0 Å². The van der Waals surface area contributed by atoms with E-state index in [1.165, 1.54) is 11.3 Å². The lowest BCUT2D eigenvalue weighted by Gasteiger charge is -1.90. The average molecular weight is 240 g/mol. The Kier molecular flexibility index (Phi) is 3.49. The molecule has 2 nitrogen and oxygen atoms in total. The van der Waals surface area contributed by atoms with Gasteiger partial charge in [-0.2, -0.15) is 0 Å². The molecule has 17 heavy (non-hydrogen) atoms. The Labute approximate surface area is 103 Å². The van der Waals surface area contributed by atoms with Gasteiger partial charge in [-0.15, -0.1) is 11.3 Å². The summed E-state index contributed by atoms with van der Waals surface area (Å²) in [6.07, 6.45) is 0. The fraction of sp³-hybridized carbons (Fsp3) is 0. The second kappa shape index (κ2) is 5.24. The maximum absolute atomic E-state index is 11.6. The van der Waals surface area contributed by atoms with Crippen LogP contribution in [0.25, 0.3) is 0 Å². The van der Waals surface area contributed by atoms with Gasteiger partial charge in [-0.1, -0.05) is 36.4 Å². The van der Waals surface area contributed by atoms with Gasteiger partial charge in [-0.3, -0.25) is 9.59 Å². The standard InChI is InChI=1S/C14H8O2S/c15-12(11-5-2-1-3-6-11)8-9-13(16)14-7-4-10-17-14/h1-7,10H. The van der Waals surface area contributed by atoms with Crippen LogP contribution in [0.15, 0.2) is 47.8 Å². The van der Waals surface area contributed by atoms with Crippen LogP contribution in [0, 0.1) is 11.8 Å². The summed E-state index contributed by atoms with van der Waals surface area (Å²) in [7, 11) is 0. The molecule has 0 saturated heterocycles. The van der Waals surface area contributed by atoms with E-state index in [4.69, 9.17) is 0 Å². The van der Waals surface area contributed by atoms with Crippen LogP contribution in [0.4, 0.5) is 0 Å². The molecule has 0 aliphatic carbocycles. The second-order valence-corrected chi connectivity index (χ2v) is 4.20. The van der Waals surface area contributed by atoms with Crippen LogP contribution in [-0.4, -0.2) is 11.6 Å². The summed E-state index contributed by atoms with van der Waals surface area (Å²) in [5, 5.41) is 1.80. The lowest BCUT2D eigenvalue weighted by Crippen LogP contribution is -1.96. The van der Waals surface area contributed by atoms with Crippen molar-refractivity contribution in [1.29, 1.82) is 0 Å². The molecular formula is C14H8O2S. The Morgan fingerprint density at radius 1 is 0.882 bits per heavy atom. The minimum atomic E-state index is -0.337. The van der Waals surface area contributed by atoms with E-state index in [1.807, 2.05) is 6.07 Å². The minimum absolute atomic E-state index is 0.315. The van der Waals surface area contributed by atoms with Gasteiger partial charge in [0.05, 0.1) is 4.88 Å². The number of carbonyl (C=O) groups excluding carboxylic acids is 2. The quantitative estimate of drug-likeness (QED) is 0.459. The number of rotatable bonds is 2. The van der Waals surface area contributed by atoms with Crippen molar-refractivity contribution in [2.24, 2.45) is 0 Å². The van der Waals surface area contributed by atoms with Crippen LogP contribution < -0.4 is 0 Å². The molecule has 0 aliphatic rings. The smallest absolute Gasteiger partial charge is 0.246 e. The van der Waals surface area contributed by atoms with E-state index in [1.54, 1.807) is 41.8 Å². The van der Waals surface area contributed by atoms with E-state index >= 15 is 0 Å². The lowest BCUT2D eigenvalue weighted by atomic mass is 10.1. The van der Waals surface area contributed by atoms with Gasteiger partial charge in [0.1, 0.15) is 0 Å². The van der Waals surface area contributed by atoms with Gasteiger partial charge in [-0.25, -0.2) is 0 Å². The molecule has 0 spiro atoms. The molecule has 0 atom stereocenters. The number of hydrogen-bond donors (Lipinski definition) is 0. The first kappa shape index (κ1) is 11.3. The number of thiophene rings is 1. The highest BCUT2D eigenvalue weighted by molar-refractivity contribution is 7.12. The third-order valence-electron chi connectivity index (χ3n) is 2.07. The zero-order valence-electron chi connectivity index (χ0n) is 8.84. The Morgan fingerprint density at radius 2 is 1.59 bits per heavy atom. The Hall–Kier alpha value is -2.18. The summed E-state index contributed by atoms with van der Waals surface area (Å²) in [6.45, 7) is 0. The third kappa shape index (κ3) is 2.90. The molecule has 0 bridgehead atoms. The largest absolute Gasteiger partial charge is 0.279 e. The number of carbonyl (C=O) groups is 2. The van der Waals surface area contributed by atoms with Crippen LogP contribution >= 0.6 is 11.3 Å². The van der Waals surface area contributed by atoms with Crippen molar-refractivity contribution in [2.75, 3.05) is 0 Å². The predicted molar refractivity (Wildman–Crippen MR) is 67.2 cm³/mol. The Morgan fingerprint density at radius 3 is 2.24 bits per heavy atom. The highest BCUT2D eigenvalue weighted by Crippen LogP contribution is 2.08. The Bertz CT molecular complexity index is 586. The van der Waals surface area contributed by atoms with Crippen LogP contribution in [0.3, 0.4) is 0 Å². The van der Waals surface area contributed by atoms with Crippen molar-refractivity contribution >= 4 is 22.9 Å². The van der Waals surface area contributed by atoms with Gasteiger partial charge < -0.3 is 0 Å². The van der Waals surface area contributed by atoms with E-state index in [2.05, 4.69) is 11.8 Å². The van der Waals surface area contributed by atoms with Crippen LogP contribution in [0.1, 0.15) is 20.0 Å². The summed E-state index contributed by atoms with van der Waals surface area (Å²) in [5.41, 5.74) is 0.499. The number of benzene rings is 1. The van der Waals surface area contributed by atoms with E-state index in [9.17, 15) is 9.59 Å². The van der Waals surface area contributed by atoms with Gasteiger partial charge in [0.25, 0.3) is 0 Å². The molecule has 1 aromatic carbocycles. The maximum Gasteiger partial charge on any atom is 0.246 e. The fourth-order valence-electron chi connectivity index (χ4n) is 1.24. The number of ketones is 2. The first-order chi connectivity index (χ1) is 8.27. The third-order valence-corrected chi connectivity index (χ3v) is 2.94. The summed E-state index contributed by atoms with van der Waals surface area (Å²) in [6, 6.07) is 12.2. The van der Waals surface area contributed by atoms with Gasteiger partial charge in [0.2, 0.25) is 11.6 Å². The monoisotopic (exact) mass is 240 g/mol. The van der Waals surface area contributed by atoms with E-state index in [-0.39, 0.29) is 11.6 Å². The summed E-state index contributed by atoms with van der Waals surface area (Å²) >= 11 is 1.32. The first-order valence-corrected chi connectivity index (χ1v) is 5.84. The summed E-state index contributed by atoms with van der Waals surface area (Å²) < 4.78 is 0. The van der Waals surface area contributed by atoms with Crippen molar-refractivity contribution in [3.63, 3.8) is 0 Å². The van der Waals surface area contributed by atoms with Gasteiger partial charge in [-0.05, 0) is 23.3 Å². The number of Topliss-reactive ketones (excluding diaryl/α,β-unsaturated/α-hetero) is 2. The van der Waals surface area contributed by atoms with Gasteiger partial charge in [0.15, 0.2) is 0 Å². The molecule has 0 aliphatic heterocycles. The van der Waals surface area contributed by atoms with Crippen molar-refractivity contribution < 1.29 is 9.59 Å². The summed E-state index contributed by atoms with van der Waals surface area (Å²) in [4.78, 5) is 23.7. The summed E-state index contributed by atoms with van der Waals surface area (Å²) in [5.74, 6) is 4.06. The van der Waals surface area contributed by atoms with Crippen molar-refractivity contribution in [2.45, 2.75) is 0 Å². The van der Waals surface area contributed by atoms with Crippen molar-refractivity contribution in [3.8, 4) is 11.8 Å². The lowest BCUT2D eigenvalue weighted by molar-refractivity contribution is 0.103. The molecular weight excluding hydrogens is 232 g/mol. The van der Waals surface area contributed by atoms with E-state index in [0.717, 1.165) is 0 Å². The SMILES string of the molecule is O=C(C#CC(=O)c1cccs1)c1ccccc1. The van der Waals surface area contributed by atoms with Crippen LogP contribution in [-0.2, 0) is 0 Å². The van der Waals surface area contributed by atoms with Gasteiger partial charge >= 0.3 is 0 Å². The van der Waals surface area contributed by atoms with Crippen LogP contribution in [0.5, 0.6) is 0 Å². The van der Waals surface area contributed by atoms with Crippen LogP contribution in [0.2, 0.25) is 0 Å². The topological polar surface area (TPSA) is 34.1 Å². The fourth-order valence-corrected chi connectivity index (χ4v) is 1.86. The van der Waals surface area contributed by atoms with Crippen molar-refractivity contribution in [1.82, 2.24) is 0 Å². The minimum Gasteiger partial charge on any atom is -0.279 e. The molecule has 3 heteroatoms. The second-order valence-electron chi connectivity index (χ2n) is 3.25. The highest BCUT2D eigenvalue weighted by atomic mass is 32.1.